The number of nitrogens with zero attached hydrogens (tertiary/aromatic N) is 3. The second-order valence-electron chi connectivity index (χ2n) is 5.38. The second kappa shape index (κ2) is 6.43. The predicted octanol–water partition coefficient (Wildman–Crippen LogP) is 3.72. The van der Waals surface area contributed by atoms with Gasteiger partial charge < -0.3 is 10.2 Å². The average molecular weight is 298 g/mol. The molecule has 1 saturated heterocycles. The first-order chi connectivity index (χ1) is 10.7. The molecule has 1 aromatic carbocycles. The van der Waals surface area contributed by atoms with E-state index in [1.165, 1.54) is 37.2 Å². The molecule has 0 bridgehead atoms. The van der Waals surface area contributed by atoms with E-state index in [4.69, 9.17) is 0 Å². The van der Waals surface area contributed by atoms with E-state index in [1.54, 1.807) is 6.07 Å². The highest BCUT2D eigenvalue weighted by Gasteiger charge is 2.10. The molecule has 6 heteroatoms. The molecule has 0 saturated carbocycles. The van der Waals surface area contributed by atoms with Crippen molar-refractivity contribution in [2.45, 2.75) is 19.3 Å². The monoisotopic (exact) mass is 298 g/mol. The SMILES string of the molecule is O=[N+]([O-])c1ccc(Nc2ccc(N3CCCCC3)cc2)nc1. The molecular weight excluding hydrogens is 280 g/mol. The molecule has 1 fully saturated rings. The minimum atomic E-state index is -0.454. The van der Waals surface area contributed by atoms with Crippen molar-refractivity contribution in [2.75, 3.05) is 23.3 Å². The van der Waals surface area contributed by atoms with Gasteiger partial charge in [-0.25, -0.2) is 4.98 Å². The fourth-order valence-corrected chi connectivity index (χ4v) is 2.62. The summed E-state index contributed by atoms with van der Waals surface area (Å²) in [5.41, 5.74) is 2.15. The Bertz CT molecular complexity index is 634. The summed E-state index contributed by atoms with van der Waals surface area (Å²) in [5, 5.41) is 13.7. The smallest absolute Gasteiger partial charge is 0.287 e. The number of nitro groups is 1. The summed E-state index contributed by atoms with van der Waals surface area (Å²) in [6.07, 6.45) is 5.09. The summed E-state index contributed by atoms with van der Waals surface area (Å²) in [6, 6.07) is 11.3. The Morgan fingerprint density at radius 3 is 2.36 bits per heavy atom. The largest absolute Gasteiger partial charge is 0.372 e. The van der Waals surface area contributed by atoms with Crippen LogP contribution in [0.1, 0.15) is 19.3 Å². The standard InChI is InChI=1S/C16H18N4O2/c21-20(22)15-8-9-16(17-12-15)18-13-4-6-14(7-5-13)19-10-2-1-3-11-19/h4-9,12H,1-3,10-11H2,(H,17,18). The molecular formula is C16H18N4O2. The van der Waals surface area contributed by atoms with Crippen molar-refractivity contribution in [3.8, 4) is 0 Å². The molecule has 1 aliphatic rings. The van der Waals surface area contributed by atoms with Crippen LogP contribution in [0.4, 0.5) is 22.9 Å². The van der Waals surface area contributed by atoms with Crippen LogP contribution < -0.4 is 10.2 Å². The third-order valence-electron chi connectivity index (χ3n) is 3.82. The minimum Gasteiger partial charge on any atom is -0.372 e. The fraction of sp³-hybridized carbons (Fsp3) is 0.312. The zero-order chi connectivity index (χ0) is 15.4. The topological polar surface area (TPSA) is 71.3 Å². The van der Waals surface area contributed by atoms with E-state index >= 15 is 0 Å². The normalized spacial score (nSPS) is 14.6. The number of hydrogen-bond acceptors (Lipinski definition) is 5. The van der Waals surface area contributed by atoms with Gasteiger partial charge in [0.1, 0.15) is 12.0 Å². The minimum absolute atomic E-state index is 0.00834. The van der Waals surface area contributed by atoms with Gasteiger partial charge >= 0.3 is 0 Å². The number of pyridine rings is 1. The lowest BCUT2D eigenvalue weighted by Crippen LogP contribution is -2.29. The molecule has 0 radical (unpaired) electrons. The maximum atomic E-state index is 10.6. The van der Waals surface area contributed by atoms with E-state index in [2.05, 4.69) is 27.3 Å². The summed E-state index contributed by atoms with van der Waals surface area (Å²) in [5.74, 6) is 0.594. The lowest BCUT2D eigenvalue weighted by atomic mass is 10.1. The van der Waals surface area contributed by atoms with Gasteiger partial charge in [0, 0.05) is 30.5 Å². The Morgan fingerprint density at radius 1 is 1.05 bits per heavy atom. The third kappa shape index (κ3) is 3.33. The van der Waals surface area contributed by atoms with Crippen LogP contribution in [0, 0.1) is 10.1 Å². The summed E-state index contributed by atoms with van der Waals surface area (Å²) >= 11 is 0. The first-order valence-electron chi connectivity index (χ1n) is 7.45. The summed E-state index contributed by atoms with van der Waals surface area (Å²) in [7, 11) is 0. The van der Waals surface area contributed by atoms with Crippen LogP contribution in [-0.4, -0.2) is 23.0 Å². The number of anilines is 3. The Hall–Kier alpha value is -2.63. The average Bonchev–Trinajstić information content (AvgIpc) is 2.57. The number of piperidine rings is 1. The maximum Gasteiger partial charge on any atom is 0.287 e. The molecule has 0 aliphatic carbocycles. The molecule has 3 rings (SSSR count). The van der Waals surface area contributed by atoms with Gasteiger partial charge in [-0.2, -0.15) is 0 Å². The van der Waals surface area contributed by atoms with E-state index in [0.29, 0.717) is 5.82 Å². The molecule has 22 heavy (non-hydrogen) atoms. The van der Waals surface area contributed by atoms with E-state index < -0.39 is 4.92 Å². The van der Waals surface area contributed by atoms with Crippen LogP contribution in [0.5, 0.6) is 0 Å². The van der Waals surface area contributed by atoms with Gasteiger partial charge in [-0.1, -0.05) is 0 Å². The van der Waals surface area contributed by atoms with Crippen molar-refractivity contribution in [2.24, 2.45) is 0 Å². The highest BCUT2D eigenvalue weighted by atomic mass is 16.6. The van der Waals surface area contributed by atoms with Crippen molar-refractivity contribution >= 4 is 22.9 Å². The summed E-state index contributed by atoms with van der Waals surface area (Å²) < 4.78 is 0. The molecule has 0 amide bonds. The van der Waals surface area contributed by atoms with Crippen molar-refractivity contribution in [3.05, 3.63) is 52.7 Å². The first-order valence-corrected chi connectivity index (χ1v) is 7.45. The molecule has 0 atom stereocenters. The predicted molar refractivity (Wildman–Crippen MR) is 86.7 cm³/mol. The van der Waals surface area contributed by atoms with Crippen LogP contribution >= 0.6 is 0 Å². The second-order valence-corrected chi connectivity index (χ2v) is 5.38. The van der Waals surface area contributed by atoms with E-state index in [-0.39, 0.29) is 5.69 Å². The quantitative estimate of drug-likeness (QED) is 0.688. The maximum absolute atomic E-state index is 10.6. The molecule has 114 valence electrons. The van der Waals surface area contributed by atoms with Gasteiger partial charge in [0.2, 0.25) is 0 Å². The molecule has 1 aliphatic heterocycles. The van der Waals surface area contributed by atoms with Gasteiger partial charge in [-0.05, 0) is 49.6 Å². The Labute approximate surface area is 128 Å². The first kappa shape index (κ1) is 14.3. The highest BCUT2D eigenvalue weighted by molar-refractivity contribution is 5.61. The Balaban J connectivity index is 1.66. The number of nitrogens with one attached hydrogen (secondary N) is 1. The Morgan fingerprint density at radius 2 is 1.77 bits per heavy atom. The summed E-state index contributed by atoms with van der Waals surface area (Å²) in [4.78, 5) is 16.6. The molecule has 0 unspecified atom stereocenters. The van der Waals surface area contributed by atoms with Gasteiger partial charge in [0.05, 0.1) is 4.92 Å². The molecule has 1 aromatic heterocycles. The zero-order valence-electron chi connectivity index (χ0n) is 12.2. The van der Waals surface area contributed by atoms with Crippen molar-refractivity contribution in [3.63, 3.8) is 0 Å². The van der Waals surface area contributed by atoms with Gasteiger partial charge in [0.15, 0.2) is 0 Å². The van der Waals surface area contributed by atoms with Crippen LogP contribution in [0.2, 0.25) is 0 Å². The Kier molecular flexibility index (Phi) is 4.18. The molecule has 0 spiro atoms. The molecule has 6 nitrogen and oxygen atoms in total. The van der Waals surface area contributed by atoms with E-state index in [0.717, 1.165) is 18.8 Å². The van der Waals surface area contributed by atoms with Gasteiger partial charge in [0.25, 0.3) is 5.69 Å². The van der Waals surface area contributed by atoms with Crippen molar-refractivity contribution in [1.82, 2.24) is 4.98 Å². The molecule has 1 N–H and O–H groups in total. The number of benzene rings is 1. The zero-order valence-corrected chi connectivity index (χ0v) is 12.2. The van der Waals surface area contributed by atoms with Crippen LogP contribution in [0.15, 0.2) is 42.6 Å². The van der Waals surface area contributed by atoms with Crippen LogP contribution in [-0.2, 0) is 0 Å². The number of hydrogen-bond donors (Lipinski definition) is 1. The number of rotatable bonds is 4. The number of aromatic nitrogens is 1. The van der Waals surface area contributed by atoms with Crippen molar-refractivity contribution in [1.29, 1.82) is 0 Å². The van der Waals surface area contributed by atoms with E-state index in [9.17, 15) is 10.1 Å². The molecule has 2 aromatic rings. The van der Waals surface area contributed by atoms with Crippen LogP contribution in [0.25, 0.3) is 0 Å². The third-order valence-corrected chi connectivity index (χ3v) is 3.82. The van der Waals surface area contributed by atoms with E-state index in [1.807, 2.05) is 12.1 Å². The van der Waals surface area contributed by atoms with Crippen LogP contribution in [0.3, 0.4) is 0 Å². The lowest BCUT2D eigenvalue weighted by Gasteiger charge is -2.28. The lowest BCUT2D eigenvalue weighted by molar-refractivity contribution is -0.385. The summed E-state index contributed by atoms with van der Waals surface area (Å²) in [6.45, 7) is 2.24. The fourth-order valence-electron chi connectivity index (χ4n) is 2.62. The van der Waals surface area contributed by atoms with Gasteiger partial charge in [-0.15, -0.1) is 0 Å². The highest BCUT2D eigenvalue weighted by Crippen LogP contribution is 2.23. The molecule has 2 heterocycles. The van der Waals surface area contributed by atoms with Gasteiger partial charge in [-0.3, -0.25) is 10.1 Å². The van der Waals surface area contributed by atoms with Crippen molar-refractivity contribution < 1.29 is 4.92 Å².